The maximum atomic E-state index is 13.0. The van der Waals surface area contributed by atoms with Crippen LogP contribution in [0.4, 0.5) is 8.78 Å². The topological polar surface area (TPSA) is 9.23 Å². The van der Waals surface area contributed by atoms with Gasteiger partial charge in [-0.1, -0.05) is 6.92 Å². The van der Waals surface area contributed by atoms with Crippen LogP contribution in [0.25, 0.3) is 0 Å². The third-order valence-corrected chi connectivity index (χ3v) is 1.68. The van der Waals surface area contributed by atoms with Crippen molar-refractivity contribution in [3.8, 4) is 0 Å². The van der Waals surface area contributed by atoms with Crippen molar-refractivity contribution < 1.29 is 13.5 Å². The summed E-state index contributed by atoms with van der Waals surface area (Å²) in [6, 6.07) is 0. The predicted molar refractivity (Wildman–Crippen MR) is 42.7 cm³/mol. The van der Waals surface area contributed by atoms with Crippen LogP contribution < -0.4 is 0 Å². The Hall–Kier alpha value is -0.860. The van der Waals surface area contributed by atoms with Crippen LogP contribution in [-0.4, -0.2) is 6.61 Å². The second-order valence-corrected chi connectivity index (χ2v) is 2.86. The lowest BCUT2D eigenvalue weighted by atomic mass is 10.0. The van der Waals surface area contributed by atoms with Gasteiger partial charge in [0.2, 0.25) is 0 Å². The number of ether oxygens (including phenoxy) is 1. The highest BCUT2D eigenvalue weighted by molar-refractivity contribution is 5.27. The van der Waals surface area contributed by atoms with E-state index in [0.29, 0.717) is 6.61 Å². The first kappa shape index (κ1) is 9.23. The summed E-state index contributed by atoms with van der Waals surface area (Å²) in [6.45, 7) is 3.76. The van der Waals surface area contributed by atoms with E-state index >= 15 is 0 Å². The Morgan fingerprint density at radius 3 is 2.75 bits per heavy atom. The summed E-state index contributed by atoms with van der Waals surface area (Å²) in [5, 5.41) is 0. The highest BCUT2D eigenvalue weighted by atomic mass is 19.1. The Bertz CT molecular complexity index is 231. The Morgan fingerprint density at radius 2 is 2.25 bits per heavy atom. The van der Waals surface area contributed by atoms with Crippen LogP contribution in [0.15, 0.2) is 23.5 Å². The Kier molecular flexibility index (Phi) is 2.84. The Balaban J connectivity index is 2.82. The average molecular weight is 174 g/mol. The Morgan fingerprint density at radius 1 is 1.58 bits per heavy atom. The van der Waals surface area contributed by atoms with Crippen molar-refractivity contribution in [3.05, 3.63) is 23.5 Å². The van der Waals surface area contributed by atoms with Crippen LogP contribution in [0.1, 0.15) is 20.3 Å². The number of allylic oxidation sites excluding steroid dienone is 3. The molecule has 12 heavy (non-hydrogen) atoms. The monoisotopic (exact) mass is 174 g/mol. The quantitative estimate of drug-likeness (QED) is 0.625. The van der Waals surface area contributed by atoms with Crippen molar-refractivity contribution in [1.82, 2.24) is 0 Å². The normalized spacial score (nSPS) is 24.0. The molecular weight excluding hydrogens is 162 g/mol. The summed E-state index contributed by atoms with van der Waals surface area (Å²) in [7, 11) is 0. The lowest BCUT2D eigenvalue weighted by Gasteiger charge is -2.16. The molecule has 68 valence electrons. The van der Waals surface area contributed by atoms with Crippen LogP contribution in [0.3, 0.4) is 0 Å². The predicted octanol–water partition coefficient (Wildman–Crippen LogP) is 3.10. The van der Waals surface area contributed by atoms with E-state index in [0.717, 1.165) is 0 Å². The molecule has 0 aliphatic heterocycles. The average Bonchev–Trinajstić information content (AvgIpc) is 1.96. The van der Waals surface area contributed by atoms with Gasteiger partial charge in [-0.2, -0.15) is 0 Å². The van der Waals surface area contributed by atoms with E-state index in [4.69, 9.17) is 4.74 Å². The summed E-state index contributed by atoms with van der Waals surface area (Å²) in [5.41, 5.74) is 0. The van der Waals surface area contributed by atoms with Gasteiger partial charge in [-0.15, -0.1) is 0 Å². The fraction of sp³-hybridized carbons (Fsp3) is 0.556. The number of halogens is 2. The highest BCUT2D eigenvalue weighted by Gasteiger charge is 2.21. The molecule has 0 spiro atoms. The van der Waals surface area contributed by atoms with Gasteiger partial charge in [0, 0.05) is 6.42 Å². The lowest BCUT2D eigenvalue weighted by Crippen LogP contribution is -2.05. The van der Waals surface area contributed by atoms with Gasteiger partial charge in [0.25, 0.3) is 0 Å². The molecule has 1 aliphatic carbocycles. The second kappa shape index (κ2) is 3.70. The molecule has 0 bridgehead atoms. The van der Waals surface area contributed by atoms with Gasteiger partial charge in [0.1, 0.15) is 5.83 Å². The van der Waals surface area contributed by atoms with E-state index in [1.165, 1.54) is 6.08 Å². The van der Waals surface area contributed by atoms with Gasteiger partial charge in [0.05, 0.1) is 6.61 Å². The molecule has 0 amide bonds. The van der Waals surface area contributed by atoms with Crippen molar-refractivity contribution in [2.45, 2.75) is 20.3 Å². The molecule has 1 nitrogen and oxygen atoms in total. The summed E-state index contributed by atoms with van der Waals surface area (Å²) >= 11 is 0. The van der Waals surface area contributed by atoms with E-state index in [-0.39, 0.29) is 18.1 Å². The summed E-state index contributed by atoms with van der Waals surface area (Å²) in [4.78, 5) is 0. The zero-order valence-corrected chi connectivity index (χ0v) is 7.23. The molecule has 1 unspecified atom stereocenters. The number of hydrogen-bond donors (Lipinski definition) is 0. The molecule has 0 heterocycles. The third kappa shape index (κ3) is 1.84. The molecule has 1 rings (SSSR count). The van der Waals surface area contributed by atoms with E-state index in [1.807, 2.05) is 0 Å². The molecule has 0 saturated heterocycles. The zero-order valence-electron chi connectivity index (χ0n) is 7.23. The van der Waals surface area contributed by atoms with Crippen molar-refractivity contribution in [1.29, 1.82) is 0 Å². The van der Waals surface area contributed by atoms with Gasteiger partial charge < -0.3 is 4.74 Å². The standard InChI is InChI=1S/C9H12F2O/c1-3-12-9-7(10)4-6(2)5-8(9)11/h4,6H,3,5H2,1-2H3. The fourth-order valence-corrected chi connectivity index (χ4v) is 1.18. The maximum Gasteiger partial charge on any atom is 0.186 e. The zero-order chi connectivity index (χ0) is 9.14. The fourth-order valence-electron chi connectivity index (χ4n) is 1.18. The Labute approximate surface area is 70.7 Å². The summed E-state index contributed by atoms with van der Waals surface area (Å²) in [5.74, 6) is -1.35. The van der Waals surface area contributed by atoms with E-state index in [9.17, 15) is 8.78 Å². The molecular formula is C9H12F2O. The summed E-state index contributed by atoms with van der Waals surface area (Å²) < 4.78 is 30.8. The van der Waals surface area contributed by atoms with E-state index in [2.05, 4.69) is 0 Å². The molecule has 0 aromatic carbocycles. The van der Waals surface area contributed by atoms with E-state index < -0.39 is 11.7 Å². The first-order valence-electron chi connectivity index (χ1n) is 4.04. The first-order valence-corrected chi connectivity index (χ1v) is 4.04. The van der Waals surface area contributed by atoms with Crippen LogP contribution in [0, 0.1) is 5.92 Å². The maximum absolute atomic E-state index is 13.0. The first-order chi connectivity index (χ1) is 5.65. The van der Waals surface area contributed by atoms with Crippen molar-refractivity contribution in [3.63, 3.8) is 0 Å². The third-order valence-electron chi connectivity index (χ3n) is 1.68. The number of hydrogen-bond acceptors (Lipinski definition) is 1. The molecule has 1 aliphatic rings. The summed E-state index contributed by atoms with van der Waals surface area (Å²) in [6.07, 6.45) is 1.62. The van der Waals surface area contributed by atoms with Crippen LogP contribution >= 0.6 is 0 Å². The van der Waals surface area contributed by atoms with Crippen LogP contribution in [-0.2, 0) is 4.74 Å². The molecule has 0 aromatic rings. The van der Waals surface area contributed by atoms with Gasteiger partial charge in [0.15, 0.2) is 11.6 Å². The van der Waals surface area contributed by atoms with Gasteiger partial charge >= 0.3 is 0 Å². The minimum Gasteiger partial charge on any atom is -0.488 e. The second-order valence-electron chi connectivity index (χ2n) is 2.86. The number of rotatable bonds is 2. The molecule has 0 N–H and O–H groups in total. The SMILES string of the molecule is CCOC1=C(F)CC(C)C=C1F. The van der Waals surface area contributed by atoms with Crippen LogP contribution in [0.2, 0.25) is 0 Å². The molecule has 3 heteroatoms. The van der Waals surface area contributed by atoms with Crippen LogP contribution in [0.5, 0.6) is 0 Å². The minimum absolute atomic E-state index is 0.0748. The van der Waals surface area contributed by atoms with Gasteiger partial charge in [-0.25, -0.2) is 8.78 Å². The molecule has 0 fully saturated rings. The van der Waals surface area contributed by atoms with Crippen molar-refractivity contribution in [2.75, 3.05) is 6.61 Å². The van der Waals surface area contributed by atoms with Crippen molar-refractivity contribution >= 4 is 0 Å². The van der Waals surface area contributed by atoms with Crippen molar-refractivity contribution in [2.24, 2.45) is 5.92 Å². The molecule has 0 saturated carbocycles. The largest absolute Gasteiger partial charge is 0.488 e. The lowest BCUT2D eigenvalue weighted by molar-refractivity contribution is 0.205. The molecule has 0 radical (unpaired) electrons. The molecule has 1 atom stereocenters. The van der Waals surface area contributed by atoms with Gasteiger partial charge in [-0.05, 0) is 18.9 Å². The molecule has 0 aromatic heterocycles. The smallest absolute Gasteiger partial charge is 0.186 e. The van der Waals surface area contributed by atoms with Gasteiger partial charge in [-0.3, -0.25) is 0 Å². The highest BCUT2D eigenvalue weighted by Crippen LogP contribution is 2.30. The minimum atomic E-state index is -0.576. The van der Waals surface area contributed by atoms with E-state index in [1.54, 1.807) is 13.8 Å².